The van der Waals surface area contributed by atoms with E-state index < -0.39 is 36.7 Å². The molecule has 0 radical (unpaired) electrons. The highest BCUT2D eigenvalue weighted by molar-refractivity contribution is 6.43. The molecule has 28 heavy (non-hydrogen) atoms. The van der Waals surface area contributed by atoms with Crippen molar-refractivity contribution in [1.29, 1.82) is 0 Å². The molecule has 2 atom stereocenters. The fraction of sp³-hybridized carbons (Fsp3) is 0.579. The highest BCUT2D eigenvalue weighted by atomic mass is 35.5. The summed E-state index contributed by atoms with van der Waals surface area (Å²) in [6, 6.07) is 6.12. The standard InChI is InChI=1S/C19H30BClN2O5/c1-12(2)9-16(20(26)27)23-17(24)11-15(13-7-6-8-14(21)10-13)22-18(25)28-19(3,4)5/h6-8,10,12,15-16,26-27H,9,11H2,1-5H3,(H,22,25)(H,23,24)/t15?,16-/m0/s1. The quantitative estimate of drug-likeness (QED) is 0.491. The molecule has 0 saturated carbocycles. The van der Waals surface area contributed by atoms with Crippen LogP contribution in [0.2, 0.25) is 5.02 Å². The smallest absolute Gasteiger partial charge is 0.444 e. The van der Waals surface area contributed by atoms with Gasteiger partial charge in [0.25, 0.3) is 0 Å². The maximum Gasteiger partial charge on any atom is 0.475 e. The molecule has 2 amide bonds. The van der Waals surface area contributed by atoms with Crippen molar-refractivity contribution in [3.05, 3.63) is 34.9 Å². The van der Waals surface area contributed by atoms with Gasteiger partial charge in [0.1, 0.15) is 5.60 Å². The molecule has 7 nitrogen and oxygen atoms in total. The normalized spacial score (nSPS) is 13.6. The predicted octanol–water partition coefficient (Wildman–Crippen LogP) is 2.84. The SMILES string of the molecule is CC(C)C[C@H](NC(=O)CC(NC(=O)OC(C)(C)C)c1cccc(Cl)c1)B(O)O. The van der Waals surface area contributed by atoms with Gasteiger partial charge in [0, 0.05) is 5.02 Å². The van der Waals surface area contributed by atoms with E-state index in [1.807, 2.05) is 13.8 Å². The number of benzene rings is 1. The minimum Gasteiger partial charge on any atom is -0.444 e. The topological polar surface area (TPSA) is 108 Å². The molecule has 1 rings (SSSR count). The lowest BCUT2D eigenvalue weighted by atomic mass is 9.75. The van der Waals surface area contributed by atoms with Gasteiger partial charge in [0.05, 0.1) is 18.4 Å². The van der Waals surface area contributed by atoms with Crippen molar-refractivity contribution >= 4 is 30.7 Å². The Morgan fingerprint density at radius 1 is 1.21 bits per heavy atom. The second kappa shape index (κ2) is 10.7. The zero-order valence-corrected chi connectivity index (χ0v) is 17.8. The predicted molar refractivity (Wildman–Crippen MR) is 110 cm³/mol. The maximum absolute atomic E-state index is 12.5. The number of amides is 2. The summed E-state index contributed by atoms with van der Waals surface area (Å²) in [5, 5.41) is 24.8. The molecule has 0 saturated heterocycles. The summed E-state index contributed by atoms with van der Waals surface area (Å²) in [5.41, 5.74) is -0.0485. The number of hydrogen-bond acceptors (Lipinski definition) is 5. The van der Waals surface area contributed by atoms with Gasteiger partial charge < -0.3 is 25.4 Å². The van der Waals surface area contributed by atoms with E-state index in [1.165, 1.54) is 0 Å². The Morgan fingerprint density at radius 2 is 1.86 bits per heavy atom. The summed E-state index contributed by atoms with van der Waals surface area (Å²) in [5.74, 6) is -1.07. The highest BCUT2D eigenvalue weighted by Crippen LogP contribution is 2.22. The van der Waals surface area contributed by atoms with Crippen molar-refractivity contribution in [2.75, 3.05) is 0 Å². The average Bonchev–Trinajstić information content (AvgIpc) is 2.51. The maximum atomic E-state index is 12.5. The molecule has 0 bridgehead atoms. The molecule has 0 aromatic heterocycles. The van der Waals surface area contributed by atoms with E-state index in [0.717, 1.165) is 0 Å². The summed E-state index contributed by atoms with van der Waals surface area (Å²) in [6.07, 6.45) is -0.364. The van der Waals surface area contributed by atoms with E-state index in [-0.39, 0.29) is 12.3 Å². The van der Waals surface area contributed by atoms with Gasteiger partial charge in [-0.15, -0.1) is 0 Å². The minimum atomic E-state index is -1.67. The Bertz CT molecular complexity index is 664. The Labute approximate surface area is 171 Å². The number of hydrogen-bond donors (Lipinski definition) is 4. The fourth-order valence-electron chi connectivity index (χ4n) is 2.64. The van der Waals surface area contributed by atoms with Gasteiger partial charge in [-0.3, -0.25) is 4.79 Å². The first kappa shape index (κ1) is 24.3. The molecule has 0 aliphatic heterocycles. The number of nitrogens with one attached hydrogen (secondary N) is 2. The number of halogens is 1. The van der Waals surface area contributed by atoms with Gasteiger partial charge in [0.15, 0.2) is 0 Å². The third-order valence-corrected chi connectivity index (χ3v) is 4.00. The first-order valence-corrected chi connectivity index (χ1v) is 9.65. The molecule has 4 N–H and O–H groups in total. The Morgan fingerprint density at radius 3 is 2.36 bits per heavy atom. The molecule has 0 heterocycles. The zero-order valence-electron chi connectivity index (χ0n) is 17.0. The molecular formula is C19H30BClN2O5. The van der Waals surface area contributed by atoms with E-state index in [4.69, 9.17) is 16.3 Å². The highest BCUT2D eigenvalue weighted by Gasteiger charge is 2.28. The Hall–Kier alpha value is -1.77. The van der Waals surface area contributed by atoms with E-state index >= 15 is 0 Å². The lowest BCUT2D eigenvalue weighted by molar-refractivity contribution is -0.122. The molecule has 0 fully saturated rings. The number of carbonyl (C=O) groups is 2. The van der Waals surface area contributed by atoms with Crippen LogP contribution < -0.4 is 10.6 Å². The summed E-state index contributed by atoms with van der Waals surface area (Å²) in [7, 11) is -1.67. The van der Waals surface area contributed by atoms with Gasteiger partial charge >= 0.3 is 13.2 Å². The van der Waals surface area contributed by atoms with Crippen LogP contribution in [-0.4, -0.2) is 40.7 Å². The minimum absolute atomic E-state index is 0.110. The molecule has 0 aliphatic rings. The van der Waals surface area contributed by atoms with Crippen molar-refractivity contribution in [1.82, 2.24) is 10.6 Å². The van der Waals surface area contributed by atoms with Gasteiger partial charge in [-0.25, -0.2) is 4.79 Å². The Kier molecular flexibility index (Phi) is 9.27. The van der Waals surface area contributed by atoms with Gasteiger partial charge in [-0.1, -0.05) is 37.6 Å². The summed E-state index contributed by atoms with van der Waals surface area (Å²) in [4.78, 5) is 24.7. The monoisotopic (exact) mass is 412 g/mol. The first-order chi connectivity index (χ1) is 12.9. The van der Waals surface area contributed by atoms with Crippen LogP contribution in [0.4, 0.5) is 4.79 Å². The van der Waals surface area contributed by atoms with Crippen molar-refractivity contribution in [3.63, 3.8) is 0 Å². The molecule has 0 aliphatic carbocycles. The first-order valence-electron chi connectivity index (χ1n) is 9.28. The summed E-state index contributed by atoms with van der Waals surface area (Å²) >= 11 is 6.04. The summed E-state index contributed by atoms with van der Waals surface area (Å²) < 4.78 is 5.28. The lowest BCUT2D eigenvalue weighted by Crippen LogP contribution is -2.48. The molecule has 156 valence electrons. The van der Waals surface area contributed by atoms with E-state index in [0.29, 0.717) is 17.0 Å². The third kappa shape index (κ3) is 9.44. The molecule has 1 unspecified atom stereocenters. The van der Waals surface area contributed by atoms with Crippen LogP contribution in [0.1, 0.15) is 59.1 Å². The van der Waals surface area contributed by atoms with Crippen LogP contribution in [0.5, 0.6) is 0 Å². The zero-order chi connectivity index (χ0) is 21.5. The molecule has 1 aromatic rings. The van der Waals surface area contributed by atoms with Crippen LogP contribution in [0.25, 0.3) is 0 Å². The largest absolute Gasteiger partial charge is 0.475 e. The third-order valence-electron chi connectivity index (χ3n) is 3.76. The van der Waals surface area contributed by atoms with Gasteiger partial charge in [0.2, 0.25) is 5.91 Å². The van der Waals surface area contributed by atoms with Crippen molar-refractivity contribution in [3.8, 4) is 0 Å². The average molecular weight is 413 g/mol. The van der Waals surface area contributed by atoms with E-state index in [9.17, 15) is 19.6 Å². The van der Waals surface area contributed by atoms with E-state index in [2.05, 4.69) is 10.6 Å². The van der Waals surface area contributed by atoms with Crippen LogP contribution in [0.15, 0.2) is 24.3 Å². The van der Waals surface area contributed by atoms with Crippen LogP contribution in [-0.2, 0) is 9.53 Å². The van der Waals surface area contributed by atoms with Crippen molar-refractivity contribution < 1.29 is 24.4 Å². The van der Waals surface area contributed by atoms with Crippen molar-refractivity contribution in [2.45, 2.75) is 65.0 Å². The fourth-order valence-corrected chi connectivity index (χ4v) is 2.84. The van der Waals surface area contributed by atoms with Crippen LogP contribution in [0, 0.1) is 5.92 Å². The molecule has 1 aromatic carbocycles. The molecular weight excluding hydrogens is 382 g/mol. The number of alkyl carbamates (subject to hydrolysis) is 1. The molecule has 9 heteroatoms. The van der Waals surface area contributed by atoms with Crippen LogP contribution >= 0.6 is 11.6 Å². The lowest BCUT2D eigenvalue weighted by Gasteiger charge is -2.25. The number of ether oxygens (including phenoxy) is 1. The van der Waals surface area contributed by atoms with Gasteiger partial charge in [-0.05, 0) is 50.8 Å². The van der Waals surface area contributed by atoms with E-state index in [1.54, 1.807) is 45.0 Å². The number of carbonyl (C=O) groups excluding carboxylic acids is 2. The second-order valence-electron chi connectivity index (χ2n) is 8.18. The second-order valence-corrected chi connectivity index (χ2v) is 8.61. The van der Waals surface area contributed by atoms with Crippen molar-refractivity contribution in [2.24, 2.45) is 5.92 Å². The summed E-state index contributed by atoms with van der Waals surface area (Å²) in [6.45, 7) is 9.06. The Balaban J connectivity index is 2.92. The molecule has 0 spiro atoms. The van der Waals surface area contributed by atoms with Crippen LogP contribution in [0.3, 0.4) is 0 Å². The number of rotatable bonds is 8. The van der Waals surface area contributed by atoms with Gasteiger partial charge in [-0.2, -0.15) is 0 Å².